The Bertz CT molecular complexity index is 384. The van der Waals surface area contributed by atoms with Gasteiger partial charge in [0, 0.05) is 66.2 Å². The topological polar surface area (TPSA) is 0 Å². The summed E-state index contributed by atoms with van der Waals surface area (Å²) in [5.74, 6) is 9.65. The largest absolute Gasteiger partial charge is 0.160 e. The molecule has 0 N–H and O–H groups in total. The molecule has 0 aliphatic carbocycles. The number of thioether (sulfide) groups is 7. The summed E-state index contributed by atoms with van der Waals surface area (Å²) in [6, 6.07) is 0. The predicted molar refractivity (Wildman–Crippen MR) is 109 cm³/mol. The number of hydrogen-bond acceptors (Lipinski definition) is 7. The summed E-state index contributed by atoms with van der Waals surface area (Å²) in [5.41, 5.74) is 0. The van der Waals surface area contributed by atoms with Crippen LogP contribution in [0.1, 0.15) is 0 Å². The first kappa shape index (κ1) is 15.7. The van der Waals surface area contributed by atoms with Gasteiger partial charge in [0.2, 0.25) is 0 Å². The molecule has 0 aromatic rings. The second-order valence-corrected chi connectivity index (χ2v) is 14.0. The highest BCUT2D eigenvalue weighted by atomic mass is 32.2. The Kier molecular flexibility index (Phi) is 5.80. The molecule has 0 nitrogen and oxygen atoms in total. The molecule has 1 unspecified atom stereocenters. The monoisotopic (exact) mass is 398 g/mol. The van der Waals surface area contributed by atoms with Gasteiger partial charge in [0.05, 0.1) is 4.24 Å². The normalized spacial score (nSPS) is 32.1. The minimum absolute atomic E-state index is 0.816. The van der Waals surface area contributed by atoms with E-state index in [1.807, 2.05) is 0 Å². The molecule has 0 radical (unpaired) electrons. The van der Waals surface area contributed by atoms with E-state index in [0.717, 1.165) is 21.0 Å². The van der Waals surface area contributed by atoms with E-state index in [1.165, 1.54) is 40.3 Å². The zero-order valence-electron chi connectivity index (χ0n) is 11.1. The van der Waals surface area contributed by atoms with Crippen LogP contribution in [0.5, 0.6) is 0 Å². The van der Waals surface area contributed by atoms with Crippen molar-refractivity contribution in [2.24, 2.45) is 0 Å². The lowest BCUT2D eigenvalue weighted by Gasteiger charge is -2.31. The SMILES string of the molecule is C1SCC1SC1=C(SC2CSC2)C(SC2CSC2)CS1. The van der Waals surface area contributed by atoms with Crippen LogP contribution in [0.2, 0.25) is 0 Å². The third-order valence-electron chi connectivity index (χ3n) is 3.61. The Morgan fingerprint density at radius 1 is 0.700 bits per heavy atom. The second kappa shape index (κ2) is 7.39. The van der Waals surface area contributed by atoms with E-state index in [0.29, 0.717) is 0 Å². The van der Waals surface area contributed by atoms with Crippen LogP contribution in [0, 0.1) is 0 Å². The van der Waals surface area contributed by atoms with Gasteiger partial charge in [0.25, 0.3) is 0 Å². The predicted octanol–water partition coefficient (Wildman–Crippen LogP) is 4.82. The Labute approximate surface area is 151 Å². The second-order valence-electron chi connectivity index (χ2n) is 5.30. The average molecular weight is 399 g/mol. The lowest BCUT2D eigenvalue weighted by atomic mass is 10.5. The standard InChI is InChI=1S/C13H18S7/c1-8(2-14-1)18-11-7-17-13(20-10-5-16-6-10)12(11)19-9-3-15-4-9/h8-11H,1-7H2. The molecule has 0 amide bonds. The molecule has 4 rings (SSSR count). The average Bonchev–Trinajstić information content (AvgIpc) is 2.65. The van der Waals surface area contributed by atoms with E-state index in [9.17, 15) is 0 Å². The van der Waals surface area contributed by atoms with Gasteiger partial charge in [0.15, 0.2) is 0 Å². The number of hydrogen-bond donors (Lipinski definition) is 0. The fraction of sp³-hybridized carbons (Fsp3) is 0.846. The lowest BCUT2D eigenvalue weighted by Crippen LogP contribution is -2.26. The summed E-state index contributed by atoms with van der Waals surface area (Å²) in [5, 5.41) is 3.59. The van der Waals surface area contributed by atoms with Crippen LogP contribution in [0.3, 0.4) is 0 Å². The van der Waals surface area contributed by atoms with Crippen LogP contribution < -0.4 is 0 Å². The highest BCUT2D eigenvalue weighted by Crippen LogP contribution is 2.54. The van der Waals surface area contributed by atoms with Crippen molar-refractivity contribution in [3.05, 3.63) is 9.14 Å². The van der Waals surface area contributed by atoms with Crippen molar-refractivity contribution in [1.82, 2.24) is 0 Å². The van der Waals surface area contributed by atoms with E-state index in [1.54, 1.807) is 9.14 Å². The minimum Gasteiger partial charge on any atom is -0.160 e. The van der Waals surface area contributed by atoms with Gasteiger partial charge in [-0.25, -0.2) is 0 Å². The maximum atomic E-state index is 2.29. The Morgan fingerprint density at radius 2 is 1.30 bits per heavy atom. The molecule has 1 atom stereocenters. The quantitative estimate of drug-likeness (QED) is 0.621. The first-order chi connectivity index (χ1) is 9.88. The van der Waals surface area contributed by atoms with E-state index in [4.69, 9.17) is 0 Å². The van der Waals surface area contributed by atoms with Crippen molar-refractivity contribution in [2.45, 2.75) is 21.0 Å². The summed E-state index contributed by atoms with van der Waals surface area (Å²) in [7, 11) is 0. The molecule has 4 aliphatic rings. The maximum absolute atomic E-state index is 2.29. The third kappa shape index (κ3) is 3.64. The van der Waals surface area contributed by atoms with E-state index < -0.39 is 0 Å². The molecule has 7 heteroatoms. The smallest absolute Gasteiger partial charge is 0.0512 e. The van der Waals surface area contributed by atoms with Crippen LogP contribution in [0.25, 0.3) is 0 Å². The van der Waals surface area contributed by atoms with Crippen molar-refractivity contribution in [3.63, 3.8) is 0 Å². The van der Waals surface area contributed by atoms with Gasteiger partial charge in [0.1, 0.15) is 0 Å². The van der Waals surface area contributed by atoms with E-state index in [2.05, 4.69) is 82.3 Å². The third-order valence-corrected chi connectivity index (χ3v) is 14.9. The molecule has 20 heavy (non-hydrogen) atoms. The lowest BCUT2D eigenvalue weighted by molar-refractivity contribution is 1.06. The molecule has 4 heterocycles. The summed E-state index contributed by atoms with van der Waals surface area (Å²) < 4.78 is 1.71. The molecular weight excluding hydrogens is 381 g/mol. The summed E-state index contributed by atoms with van der Waals surface area (Å²) in [6.07, 6.45) is 0. The first-order valence-corrected chi connectivity index (χ1v) is 14.1. The van der Waals surface area contributed by atoms with Crippen LogP contribution in [0.15, 0.2) is 9.14 Å². The van der Waals surface area contributed by atoms with Crippen LogP contribution in [-0.4, -0.2) is 61.3 Å². The molecule has 0 saturated carbocycles. The molecule has 3 saturated heterocycles. The van der Waals surface area contributed by atoms with Gasteiger partial charge in [-0.1, -0.05) is 0 Å². The Morgan fingerprint density at radius 3 is 1.85 bits per heavy atom. The fourth-order valence-electron chi connectivity index (χ4n) is 2.17. The highest BCUT2D eigenvalue weighted by molar-refractivity contribution is 8.25. The van der Waals surface area contributed by atoms with Crippen LogP contribution in [-0.2, 0) is 0 Å². The van der Waals surface area contributed by atoms with Gasteiger partial charge in [-0.15, -0.1) is 47.0 Å². The molecule has 4 aliphatic heterocycles. The van der Waals surface area contributed by atoms with Gasteiger partial charge in [-0.05, 0) is 0 Å². The van der Waals surface area contributed by atoms with Gasteiger partial charge >= 0.3 is 0 Å². The van der Waals surface area contributed by atoms with Crippen molar-refractivity contribution < 1.29 is 0 Å². The molecule has 0 bridgehead atoms. The Balaban J connectivity index is 1.43. The Hall–Kier alpha value is 2.19. The van der Waals surface area contributed by atoms with Crippen molar-refractivity contribution >= 4 is 82.3 Å². The molecule has 0 spiro atoms. The fourth-order valence-corrected chi connectivity index (χ4v) is 12.2. The molecule has 0 aromatic heterocycles. The van der Waals surface area contributed by atoms with Crippen LogP contribution in [0.4, 0.5) is 0 Å². The van der Waals surface area contributed by atoms with Crippen LogP contribution >= 0.6 is 82.3 Å². The molecule has 0 aromatic carbocycles. The summed E-state index contributed by atoms with van der Waals surface area (Å²) in [4.78, 5) is 1.78. The van der Waals surface area contributed by atoms with Gasteiger partial charge in [-0.3, -0.25) is 0 Å². The highest BCUT2D eigenvalue weighted by Gasteiger charge is 2.36. The van der Waals surface area contributed by atoms with E-state index >= 15 is 0 Å². The first-order valence-electron chi connectivity index (χ1n) is 6.97. The van der Waals surface area contributed by atoms with Crippen molar-refractivity contribution in [1.29, 1.82) is 0 Å². The van der Waals surface area contributed by atoms with Crippen molar-refractivity contribution in [2.75, 3.05) is 40.3 Å². The minimum atomic E-state index is 0.816. The number of rotatable bonds is 6. The summed E-state index contributed by atoms with van der Waals surface area (Å²) in [6.45, 7) is 0. The molecular formula is C13H18S7. The molecule has 3 fully saturated rings. The maximum Gasteiger partial charge on any atom is 0.0512 e. The van der Waals surface area contributed by atoms with Crippen molar-refractivity contribution in [3.8, 4) is 0 Å². The zero-order chi connectivity index (χ0) is 13.4. The zero-order valence-corrected chi connectivity index (χ0v) is 16.8. The summed E-state index contributed by atoms with van der Waals surface area (Å²) >= 11 is 15.3. The van der Waals surface area contributed by atoms with Gasteiger partial charge in [-0.2, -0.15) is 35.3 Å². The van der Waals surface area contributed by atoms with Gasteiger partial charge < -0.3 is 0 Å². The van der Waals surface area contributed by atoms with E-state index in [-0.39, 0.29) is 0 Å². The molecule has 112 valence electrons.